The predicted octanol–water partition coefficient (Wildman–Crippen LogP) is 3.61. The first-order chi connectivity index (χ1) is 10.4. The van der Waals surface area contributed by atoms with Crippen molar-refractivity contribution >= 4 is 40.5 Å². The Kier molecular flexibility index (Phi) is 4.85. The number of rotatable bonds is 5. The topological polar surface area (TPSA) is 98.3 Å². The molecule has 2 aromatic carbocycles. The zero-order chi connectivity index (χ0) is 16.3. The molecule has 0 aliphatic heterocycles. The summed E-state index contributed by atoms with van der Waals surface area (Å²) >= 11 is 11.7. The van der Waals surface area contributed by atoms with Crippen LogP contribution in [0.25, 0.3) is 0 Å². The van der Waals surface area contributed by atoms with Gasteiger partial charge in [0.2, 0.25) is 5.91 Å². The first-order valence-corrected chi connectivity index (χ1v) is 6.90. The van der Waals surface area contributed by atoms with Crippen LogP contribution >= 0.6 is 23.2 Å². The Morgan fingerprint density at radius 1 is 1.18 bits per heavy atom. The summed E-state index contributed by atoms with van der Waals surface area (Å²) in [6, 6.07) is 9.04. The number of benzene rings is 2. The second-order valence-corrected chi connectivity index (χ2v) is 5.26. The minimum Gasteiger partial charge on any atom is -0.381 e. The van der Waals surface area contributed by atoms with Crippen LogP contribution in [0, 0.1) is 10.1 Å². The Bertz CT molecular complexity index is 750. The summed E-state index contributed by atoms with van der Waals surface area (Å²) in [4.78, 5) is 21.6. The maximum absolute atomic E-state index is 11.1. The molecule has 0 spiro atoms. The fourth-order valence-electron chi connectivity index (χ4n) is 1.84. The normalized spacial score (nSPS) is 10.3. The Morgan fingerprint density at radius 2 is 1.91 bits per heavy atom. The van der Waals surface area contributed by atoms with Gasteiger partial charge in [-0.15, -0.1) is 0 Å². The molecule has 0 heterocycles. The number of nitro groups is 1. The summed E-state index contributed by atoms with van der Waals surface area (Å²) in [6.07, 6.45) is 0. The van der Waals surface area contributed by atoms with E-state index in [0.29, 0.717) is 21.3 Å². The van der Waals surface area contributed by atoms with Crippen molar-refractivity contribution in [1.29, 1.82) is 0 Å². The van der Waals surface area contributed by atoms with Gasteiger partial charge in [-0.25, -0.2) is 0 Å². The number of primary amides is 1. The van der Waals surface area contributed by atoms with Crippen LogP contribution in [-0.2, 0) is 6.54 Å². The van der Waals surface area contributed by atoms with Gasteiger partial charge < -0.3 is 11.1 Å². The van der Waals surface area contributed by atoms with Gasteiger partial charge >= 0.3 is 0 Å². The van der Waals surface area contributed by atoms with E-state index in [4.69, 9.17) is 28.9 Å². The summed E-state index contributed by atoms with van der Waals surface area (Å²) < 4.78 is 0. The standard InChI is InChI=1S/C14H11Cl2N3O3/c15-11-4-3-10(6-12(11)16)18-7-9-2-1-8(14(17)20)5-13(9)19(21)22/h1-6,18H,7H2,(H2,17,20). The van der Waals surface area contributed by atoms with E-state index < -0.39 is 10.8 Å². The maximum atomic E-state index is 11.1. The number of anilines is 1. The Balaban J connectivity index is 2.23. The van der Waals surface area contributed by atoms with Crippen LogP contribution in [0.2, 0.25) is 10.0 Å². The molecule has 6 nitrogen and oxygen atoms in total. The third-order valence-corrected chi connectivity index (χ3v) is 3.71. The van der Waals surface area contributed by atoms with Crippen LogP contribution in [0.15, 0.2) is 36.4 Å². The minimum absolute atomic E-state index is 0.0880. The van der Waals surface area contributed by atoms with Gasteiger partial charge in [-0.3, -0.25) is 14.9 Å². The molecule has 8 heteroatoms. The van der Waals surface area contributed by atoms with Gasteiger partial charge in [0.05, 0.1) is 15.0 Å². The second-order valence-electron chi connectivity index (χ2n) is 4.45. The SMILES string of the molecule is NC(=O)c1ccc(CNc2ccc(Cl)c(Cl)c2)c([N+](=O)[O-])c1. The quantitative estimate of drug-likeness (QED) is 0.642. The zero-order valence-corrected chi connectivity index (χ0v) is 12.7. The van der Waals surface area contributed by atoms with E-state index in [2.05, 4.69) is 5.32 Å². The smallest absolute Gasteiger partial charge is 0.275 e. The van der Waals surface area contributed by atoms with E-state index in [1.54, 1.807) is 18.2 Å². The van der Waals surface area contributed by atoms with Gasteiger partial charge in [0.1, 0.15) is 0 Å². The number of hydrogen-bond acceptors (Lipinski definition) is 4. The highest BCUT2D eigenvalue weighted by Crippen LogP contribution is 2.26. The van der Waals surface area contributed by atoms with E-state index in [1.165, 1.54) is 12.1 Å². The van der Waals surface area contributed by atoms with Crippen molar-refractivity contribution in [3.8, 4) is 0 Å². The predicted molar refractivity (Wildman–Crippen MR) is 85.4 cm³/mol. The summed E-state index contributed by atoms with van der Waals surface area (Å²) in [6.45, 7) is 0.188. The lowest BCUT2D eigenvalue weighted by molar-refractivity contribution is -0.385. The average molecular weight is 340 g/mol. The fraction of sp³-hybridized carbons (Fsp3) is 0.0714. The lowest BCUT2D eigenvalue weighted by atomic mass is 10.1. The summed E-state index contributed by atoms with van der Waals surface area (Å²) in [5.74, 6) is -0.716. The van der Waals surface area contributed by atoms with Gasteiger partial charge in [-0.1, -0.05) is 23.2 Å². The first kappa shape index (κ1) is 16.1. The van der Waals surface area contributed by atoms with Crippen LogP contribution in [-0.4, -0.2) is 10.8 Å². The lowest BCUT2D eigenvalue weighted by Gasteiger charge is -2.09. The Morgan fingerprint density at radius 3 is 2.50 bits per heavy atom. The van der Waals surface area contributed by atoms with Crippen LogP contribution in [0.5, 0.6) is 0 Å². The van der Waals surface area contributed by atoms with Gasteiger partial charge in [0.15, 0.2) is 0 Å². The first-order valence-electron chi connectivity index (χ1n) is 6.14. The monoisotopic (exact) mass is 339 g/mol. The second kappa shape index (κ2) is 6.64. The maximum Gasteiger partial charge on any atom is 0.275 e. The molecule has 0 saturated heterocycles. The molecule has 0 aromatic heterocycles. The zero-order valence-electron chi connectivity index (χ0n) is 11.2. The van der Waals surface area contributed by atoms with Crippen molar-refractivity contribution in [2.45, 2.75) is 6.54 Å². The Labute approximate surface area is 136 Å². The molecule has 0 atom stereocenters. The summed E-state index contributed by atoms with van der Waals surface area (Å²) in [7, 11) is 0. The third kappa shape index (κ3) is 3.66. The molecular formula is C14H11Cl2N3O3. The largest absolute Gasteiger partial charge is 0.381 e. The molecule has 0 fully saturated rings. The van der Waals surface area contributed by atoms with Crippen LogP contribution in [0.3, 0.4) is 0 Å². The molecule has 0 aliphatic carbocycles. The van der Waals surface area contributed by atoms with Crippen LogP contribution < -0.4 is 11.1 Å². The highest BCUT2D eigenvalue weighted by molar-refractivity contribution is 6.42. The van der Waals surface area contributed by atoms with E-state index in [9.17, 15) is 14.9 Å². The lowest BCUT2D eigenvalue weighted by Crippen LogP contribution is -2.12. The number of nitrogens with zero attached hydrogens (tertiary/aromatic N) is 1. The fourth-order valence-corrected chi connectivity index (χ4v) is 2.14. The summed E-state index contributed by atoms with van der Waals surface area (Å²) in [5, 5.41) is 14.9. The minimum atomic E-state index is -0.716. The number of hydrogen-bond donors (Lipinski definition) is 2. The van der Waals surface area contributed by atoms with Crippen LogP contribution in [0.1, 0.15) is 15.9 Å². The van der Waals surface area contributed by atoms with E-state index >= 15 is 0 Å². The van der Waals surface area contributed by atoms with Crippen molar-refractivity contribution in [2.75, 3.05) is 5.32 Å². The molecule has 0 aliphatic rings. The number of carbonyl (C=O) groups excluding carboxylic acids is 1. The van der Waals surface area contributed by atoms with E-state index in [1.807, 2.05) is 0 Å². The molecule has 1 amide bonds. The Hall–Kier alpha value is -2.31. The molecule has 114 valence electrons. The van der Waals surface area contributed by atoms with Crippen molar-refractivity contribution in [3.63, 3.8) is 0 Å². The molecule has 0 unspecified atom stereocenters. The number of nitrogens with two attached hydrogens (primary N) is 1. The third-order valence-electron chi connectivity index (χ3n) is 2.97. The van der Waals surface area contributed by atoms with Crippen LogP contribution in [0.4, 0.5) is 11.4 Å². The number of amides is 1. The number of carbonyl (C=O) groups is 1. The van der Waals surface area contributed by atoms with Gasteiger partial charge in [-0.05, 0) is 30.3 Å². The van der Waals surface area contributed by atoms with E-state index in [0.717, 1.165) is 6.07 Å². The average Bonchev–Trinajstić information content (AvgIpc) is 2.48. The van der Waals surface area contributed by atoms with Gasteiger partial charge in [-0.2, -0.15) is 0 Å². The molecule has 2 rings (SSSR count). The molecule has 22 heavy (non-hydrogen) atoms. The number of halogens is 2. The molecular weight excluding hydrogens is 329 g/mol. The van der Waals surface area contributed by atoms with Gasteiger partial charge in [0, 0.05) is 29.4 Å². The highest BCUT2D eigenvalue weighted by atomic mass is 35.5. The number of nitro benzene ring substituents is 1. The van der Waals surface area contributed by atoms with Crippen molar-refractivity contribution in [1.82, 2.24) is 0 Å². The molecule has 0 bridgehead atoms. The van der Waals surface area contributed by atoms with Gasteiger partial charge in [0.25, 0.3) is 5.69 Å². The molecule has 0 radical (unpaired) electrons. The van der Waals surface area contributed by atoms with Crippen molar-refractivity contribution in [3.05, 3.63) is 67.7 Å². The van der Waals surface area contributed by atoms with Crippen molar-refractivity contribution < 1.29 is 9.72 Å². The number of nitrogens with one attached hydrogen (secondary N) is 1. The highest BCUT2D eigenvalue weighted by Gasteiger charge is 2.16. The molecule has 2 aromatic rings. The van der Waals surface area contributed by atoms with E-state index in [-0.39, 0.29) is 17.8 Å². The molecule has 3 N–H and O–H groups in total. The van der Waals surface area contributed by atoms with Crippen molar-refractivity contribution in [2.24, 2.45) is 5.73 Å². The molecule has 0 saturated carbocycles. The summed E-state index contributed by atoms with van der Waals surface area (Å²) in [5.41, 5.74) is 6.12.